The molecule has 0 heterocycles. The van der Waals surface area contributed by atoms with Gasteiger partial charge in [0.25, 0.3) is 5.91 Å². The molecule has 2 aromatic rings. The number of ketones is 1. The van der Waals surface area contributed by atoms with E-state index >= 15 is 0 Å². The van der Waals surface area contributed by atoms with Gasteiger partial charge in [0, 0.05) is 24.8 Å². The SMILES string of the molecule is CC(=O)c1ccc(S(=O)(=O)NCCC(=O)OCC(=O)N(C)c2ccccc2)cc1. The highest BCUT2D eigenvalue weighted by Gasteiger charge is 2.16. The van der Waals surface area contributed by atoms with Gasteiger partial charge in [-0.3, -0.25) is 14.4 Å². The topological polar surface area (TPSA) is 110 Å². The fourth-order valence-electron chi connectivity index (χ4n) is 2.35. The molecule has 0 aliphatic carbocycles. The molecule has 9 heteroatoms. The number of esters is 1. The van der Waals surface area contributed by atoms with Gasteiger partial charge >= 0.3 is 5.97 Å². The van der Waals surface area contributed by atoms with Crippen molar-refractivity contribution < 1.29 is 27.5 Å². The standard InChI is InChI=1S/C20H22N2O6S/c1-15(23)16-8-10-18(11-9-16)29(26,27)21-13-12-20(25)28-14-19(24)22(2)17-6-4-3-5-7-17/h3-11,21H,12-14H2,1-2H3. The van der Waals surface area contributed by atoms with Crippen molar-refractivity contribution in [1.29, 1.82) is 0 Å². The predicted octanol–water partition coefficient (Wildman–Crippen LogP) is 1.76. The van der Waals surface area contributed by atoms with Gasteiger partial charge in [-0.15, -0.1) is 0 Å². The van der Waals surface area contributed by atoms with E-state index in [-0.39, 0.29) is 23.6 Å². The largest absolute Gasteiger partial charge is 0.456 e. The molecule has 1 amide bonds. The third-order valence-corrected chi connectivity index (χ3v) is 5.54. The molecule has 0 atom stereocenters. The fourth-order valence-corrected chi connectivity index (χ4v) is 3.38. The normalized spacial score (nSPS) is 11.0. The molecular weight excluding hydrogens is 396 g/mol. The van der Waals surface area contributed by atoms with Crippen molar-refractivity contribution in [3.63, 3.8) is 0 Å². The molecule has 154 valence electrons. The molecule has 0 saturated heterocycles. The highest BCUT2D eigenvalue weighted by Crippen LogP contribution is 2.12. The van der Waals surface area contributed by atoms with E-state index in [1.807, 2.05) is 6.07 Å². The van der Waals surface area contributed by atoms with E-state index in [1.54, 1.807) is 31.3 Å². The Kier molecular flexibility index (Phi) is 7.63. The molecule has 0 bridgehead atoms. The molecule has 0 aromatic heterocycles. The van der Waals surface area contributed by atoms with Crippen molar-refractivity contribution in [1.82, 2.24) is 4.72 Å². The van der Waals surface area contributed by atoms with Crippen molar-refractivity contribution in [3.05, 3.63) is 60.2 Å². The number of ether oxygens (including phenoxy) is 1. The van der Waals surface area contributed by atoms with Crippen LogP contribution < -0.4 is 9.62 Å². The van der Waals surface area contributed by atoms with Gasteiger partial charge in [-0.1, -0.05) is 30.3 Å². The minimum atomic E-state index is -3.82. The lowest BCUT2D eigenvalue weighted by Crippen LogP contribution is -2.32. The van der Waals surface area contributed by atoms with E-state index in [4.69, 9.17) is 4.74 Å². The zero-order valence-corrected chi connectivity index (χ0v) is 16.9. The second-order valence-electron chi connectivity index (χ2n) is 6.18. The van der Waals surface area contributed by atoms with Crippen LogP contribution in [0.3, 0.4) is 0 Å². The quantitative estimate of drug-likeness (QED) is 0.491. The van der Waals surface area contributed by atoms with Crippen LogP contribution in [0.1, 0.15) is 23.7 Å². The summed E-state index contributed by atoms with van der Waals surface area (Å²) in [6.07, 6.45) is -0.229. The Morgan fingerprint density at radius 3 is 2.21 bits per heavy atom. The van der Waals surface area contributed by atoms with E-state index in [0.717, 1.165) is 0 Å². The predicted molar refractivity (Wildman–Crippen MR) is 107 cm³/mol. The average Bonchev–Trinajstić information content (AvgIpc) is 2.72. The monoisotopic (exact) mass is 418 g/mol. The van der Waals surface area contributed by atoms with Crippen LogP contribution in [-0.4, -0.2) is 46.3 Å². The maximum Gasteiger partial charge on any atom is 0.307 e. The minimum Gasteiger partial charge on any atom is -0.456 e. The number of carbonyl (C=O) groups excluding carboxylic acids is 3. The van der Waals surface area contributed by atoms with E-state index in [0.29, 0.717) is 11.3 Å². The van der Waals surface area contributed by atoms with Crippen molar-refractivity contribution in [2.24, 2.45) is 0 Å². The van der Waals surface area contributed by atoms with Crippen LogP contribution in [0.4, 0.5) is 5.69 Å². The summed E-state index contributed by atoms with van der Waals surface area (Å²) in [5.41, 5.74) is 1.06. The number of anilines is 1. The zero-order valence-electron chi connectivity index (χ0n) is 16.1. The number of carbonyl (C=O) groups is 3. The first-order valence-corrected chi connectivity index (χ1v) is 10.3. The van der Waals surface area contributed by atoms with E-state index < -0.39 is 28.5 Å². The zero-order chi connectivity index (χ0) is 21.4. The fraction of sp³-hybridized carbons (Fsp3) is 0.250. The van der Waals surface area contributed by atoms with Crippen LogP contribution in [0.25, 0.3) is 0 Å². The van der Waals surface area contributed by atoms with Crippen LogP contribution in [-0.2, 0) is 24.3 Å². The van der Waals surface area contributed by atoms with Crippen LogP contribution in [0, 0.1) is 0 Å². The Balaban J connectivity index is 1.78. The van der Waals surface area contributed by atoms with Gasteiger partial charge in [-0.05, 0) is 31.2 Å². The lowest BCUT2D eigenvalue weighted by Gasteiger charge is -2.17. The minimum absolute atomic E-state index is 0.0180. The molecule has 0 fully saturated rings. The first-order chi connectivity index (χ1) is 13.7. The number of likely N-dealkylation sites (N-methyl/N-ethyl adjacent to an activating group) is 1. The molecule has 29 heavy (non-hydrogen) atoms. The van der Waals surface area contributed by atoms with Gasteiger partial charge in [0.2, 0.25) is 10.0 Å². The summed E-state index contributed by atoms with van der Waals surface area (Å²) in [5.74, 6) is -1.28. The Labute approximate surface area is 169 Å². The van der Waals surface area contributed by atoms with E-state index in [2.05, 4.69) is 4.72 Å². The number of hydrogen-bond acceptors (Lipinski definition) is 6. The van der Waals surface area contributed by atoms with E-state index in [9.17, 15) is 22.8 Å². The average molecular weight is 418 g/mol. The number of hydrogen-bond donors (Lipinski definition) is 1. The highest BCUT2D eigenvalue weighted by molar-refractivity contribution is 7.89. The molecule has 2 aromatic carbocycles. The first-order valence-electron chi connectivity index (χ1n) is 8.78. The summed E-state index contributed by atoms with van der Waals surface area (Å²) in [6, 6.07) is 14.3. The van der Waals surface area contributed by atoms with Gasteiger partial charge in [-0.2, -0.15) is 0 Å². The van der Waals surface area contributed by atoms with Crippen LogP contribution in [0.5, 0.6) is 0 Å². The summed E-state index contributed by atoms with van der Waals surface area (Å²) < 4.78 is 31.6. The van der Waals surface area contributed by atoms with Crippen LogP contribution in [0.2, 0.25) is 0 Å². The second-order valence-corrected chi connectivity index (χ2v) is 7.94. The Hall–Kier alpha value is -3.04. The third kappa shape index (κ3) is 6.51. The summed E-state index contributed by atoms with van der Waals surface area (Å²) in [5, 5.41) is 0. The number of nitrogens with one attached hydrogen (secondary N) is 1. The van der Waals surface area contributed by atoms with Gasteiger partial charge < -0.3 is 9.64 Å². The molecule has 0 saturated carbocycles. The Morgan fingerprint density at radius 2 is 1.62 bits per heavy atom. The van der Waals surface area contributed by atoms with E-state index in [1.165, 1.54) is 36.1 Å². The lowest BCUT2D eigenvalue weighted by molar-refractivity contribution is -0.147. The second kappa shape index (κ2) is 9.94. The molecule has 8 nitrogen and oxygen atoms in total. The van der Waals surface area contributed by atoms with Crippen LogP contribution in [0.15, 0.2) is 59.5 Å². The number of benzene rings is 2. The Bertz CT molecular complexity index is 972. The smallest absolute Gasteiger partial charge is 0.307 e. The summed E-state index contributed by atoms with van der Waals surface area (Å²) in [6.45, 7) is 0.761. The summed E-state index contributed by atoms with van der Waals surface area (Å²) in [4.78, 5) is 36.4. The van der Waals surface area contributed by atoms with Crippen molar-refractivity contribution in [2.45, 2.75) is 18.2 Å². The number of rotatable bonds is 9. The van der Waals surface area contributed by atoms with Gasteiger partial charge in [0.15, 0.2) is 12.4 Å². The number of Topliss-reactive ketones (excluding diaryl/α,β-unsaturated/α-hetero) is 1. The molecule has 0 aliphatic rings. The highest BCUT2D eigenvalue weighted by atomic mass is 32.2. The summed E-state index contributed by atoms with van der Waals surface area (Å²) >= 11 is 0. The summed E-state index contributed by atoms with van der Waals surface area (Å²) in [7, 11) is -2.26. The maximum absolute atomic E-state index is 12.2. The number of sulfonamides is 1. The van der Waals surface area contributed by atoms with Crippen LogP contribution >= 0.6 is 0 Å². The first kappa shape index (κ1) is 22.3. The molecule has 2 rings (SSSR count). The molecule has 1 N–H and O–H groups in total. The molecule has 0 radical (unpaired) electrons. The molecule has 0 unspecified atom stereocenters. The maximum atomic E-state index is 12.2. The molecule has 0 spiro atoms. The Morgan fingerprint density at radius 1 is 1.00 bits per heavy atom. The van der Waals surface area contributed by atoms with Gasteiger partial charge in [0.1, 0.15) is 0 Å². The molecule has 0 aliphatic heterocycles. The number of para-hydroxylation sites is 1. The third-order valence-electron chi connectivity index (χ3n) is 4.07. The molecular formula is C20H22N2O6S. The van der Waals surface area contributed by atoms with Crippen molar-refractivity contribution >= 4 is 33.4 Å². The number of nitrogens with zero attached hydrogens (tertiary/aromatic N) is 1. The van der Waals surface area contributed by atoms with Gasteiger partial charge in [0.05, 0.1) is 11.3 Å². The number of amides is 1. The van der Waals surface area contributed by atoms with Crippen molar-refractivity contribution in [2.75, 3.05) is 25.1 Å². The van der Waals surface area contributed by atoms with Crippen molar-refractivity contribution in [3.8, 4) is 0 Å². The van der Waals surface area contributed by atoms with Gasteiger partial charge in [-0.25, -0.2) is 13.1 Å². The lowest BCUT2D eigenvalue weighted by atomic mass is 10.2.